The average Bonchev–Trinajstić information content (AvgIpc) is 3.46. The predicted octanol–water partition coefficient (Wildman–Crippen LogP) is 3.54. The molecule has 0 atom stereocenters. The maximum Gasteiger partial charge on any atom is 0.319 e. The lowest BCUT2D eigenvalue weighted by Crippen LogP contribution is -2.32. The molecule has 0 saturated heterocycles. The number of urea groups is 1. The Morgan fingerprint density at radius 1 is 1.04 bits per heavy atom. The van der Waals surface area contributed by atoms with Gasteiger partial charge in [-0.25, -0.2) is 4.79 Å². The van der Waals surface area contributed by atoms with E-state index in [9.17, 15) is 9.59 Å². The van der Waals surface area contributed by atoms with Crippen molar-refractivity contribution in [2.45, 2.75) is 19.8 Å². The lowest BCUT2D eigenvalue weighted by atomic mass is 10.2. The Balaban J connectivity index is 1.36. The third kappa shape index (κ3) is 5.51. The molecule has 0 spiro atoms. The molecule has 0 aromatic heterocycles. The summed E-state index contributed by atoms with van der Waals surface area (Å²) in [5.41, 5.74) is 2.52. The second-order valence-corrected chi connectivity index (χ2v) is 6.39. The summed E-state index contributed by atoms with van der Waals surface area (Å²) in [5, 5.41) is 8.35. The van der Waals surface area contributed by atoms with Gasteiger partial charge in [-0.3, -0.25) is 4.79 Å². The number of hydrogen-bond donors (Lipinski definition) is 3. The van der Waals surface area contributed by atoms with E-state index in [4.69, 9.17) is 4.74 Å². The highest BCUT2D eigenvalue weighted by atomic mass is 16.5. The summed E-state index contributed by atoms with van der Waals surface area (Å²) < 4.78 is 5.58. The van der Waals surface area contributed by atoms with Crippen LogP contribution in [0.5, 0.6) is 5.75 Å². The normalized spacial score (nSPS) is 13.0. The van der Waals surface area contributed by atoms with Gasteiger partial charge in [0.05, 0.1) is 6.54 Å². The molecule has 2 aromatic rings. The van der Waals surface area contributed by atoms with Gasteiger partial charge < -0.3 is 20.7 Å². The molecule has 136 valence electrons. The highest BCUT2D eigenvalue weighted by molar-refractivity contribution is 5.94. The Labute approximate surface area is 152 Å². The number of rotatable bonds is 7. The third-order valence-corrected chi connectivity index (χ3v) is 4.00. The minimum Gasteiger partial charge on any atom is -0.492 e. The second-order valence-electron chi connectivity index (χ2n) is 6.39. The first-order chi connectivity index (χ1) is 12.6. The van der Waals surface area contributed by atoms with Crippen LogP contribution in [0.2, 0.25) is 0 Å². The van der Waals surface area contributed by atoms with Gasteiger partial charge in [-0.05, 0) is 61.7 Å². The maximum atomic E-state index is 11.9. The molecule has 1 fully saturated rings. The van der Waals surface area contributed by atoms with Gasteiger partial charge in [-0.2, -0.15) is 0 Å². The van der Waals surface area contributed by atoms with E-state index in [0.717, 1.165) is 29.8 Å². The number of carbonyl (C=O) groups is 2. The molecule has 6 nitrogen and oxygen atoms in total. The van der Waals surface area contributed by atoms with Crippen molar-refractivity contribution in [1.29, 1.82) is 0 Å². The third-order valence-electron chi connectivity index (χ3n) is 4.00. The van der Waals surface area contributed by atoms with E-state index >= 15 is 0 Å². The van der Waals surface area contributed by atoms with Gasteiger partial charge in [0.2, 0.25) is 5.91 Å². The maximum absolute atomic E-state index is 11.9. The lowest BCUT2D eigenvalue weighted by Gasteiger charge is -2.10. The first kappa shape index (κ1) is 17.8. The molecule has 0 radical (unpaired) electrons. The smallest absolute Gasteiger partial charge is 0.319 e. The summed E-state index contributed by atoms with van der Waals surface area (Å²) in [5.74, 6) is 1.02. The molecule has 0 aliphatic heterocycles. The fourth-order valence-electron chi connectivity index (χ4n) is 2.44. The zero-order valence-corrected chi connectivity index (χ0v) is 14.7. The van der Waals surface area contributed by atoms with Gasteiger partial charge in [0.25, 0.3) is 0 Å². The number of benzene rings is 2. The van der Waals surface area contributed by atoms with E-state index in [-0.39, 0.29) is 17.9 Å². The summed E-state index contributed by atoms with van der Waals surface area (Å²) in [6, 6.07) is 14.5. The fraction of sp³-hybridized carbons (Fsp3) is 0.300. The average molecular weight is 353 g/mol. The topological polar surface area (TPSA) is 79.5 Å². The minimum absolute atomic E-state index is 0.0667. The molecule has 3 amide bonds. The fourth-order valence-corrected chi connectivity index (χ4v) is 2.44. The number of carbonyl (C=O) groups excluding carboxylic acids is 2. The zero-order chi connectivity index (χ0) is 18.4. The molecule has 1 aliphatic rings. The number of aryl methyl sites for hydroxylation is 1. The lowest BCUT2D eigenvalue weighted by molar-refractivity contribution is -0.117. The van der Waals surface area contributed by atoms with E-state index < -0.39 is 0 Å². The molecule has 26 heavy (non-hydrogen) atoms. The zero-order valence-electron chi connectivity index (χ0n) is 14.7. The van der Waals surface area contributed by atoms with E-state index in [2.05, 4.69) is 16.0 Å². The largest absolute Gasteiger partial charge is 0.492 e. The van der Waals surface area contributed by atoms with Crippen LogP contribution in [0.1, 0.15) is 18.4 Å². The van der Waals surface area contributed by atoms with Crippen molar-refractivity contribution in [1.82, 2.24) is 5.32 Å². The summed E-state index contributed by atoms with van der Waals surface area (Å²) >= 11 is 0. The Kier molecular flexibility index (Phi) is 5.73. The van der Waals surface area contributed by atoms with Crippen LogP contribution in [0.3, 0.4) is 0 Å². The number of hydrogen-bond acceptors (Lipinski definition) is 3. The molecule has 3 rings (SSSR count). The highest BCUT2D eigenvalue weighted by Crippen LogP contribution is 2.30. The summed E-state index contributed by atoms with van der Waals surface area (Å²) in [7, 11) is 0. The quantitative estimate of drug-likeness (QED) is 0.666. The number of amides is 3. The van der Waals surface area contributed by atoms with Crippen molar-refractivity contribution >= 4 is 23.3 Å². The van der Waals surface area contributed by atoms with Crippen molar-refractivity contribution in [2.75, 3.05) is 23.8 Å². The minimum atomic E-state index is -0.299. The molecule has 1 aliphatic carbocycles. The SMILES string of the molecule is Cc1cccc(OCCNC(=O)Nc2ccc(NC(=O)C3CC3)cc2)c1. The van der Waals surface area contributed by atoms with Crippen LogP contribution >= 0.6 is 0 Å². The van der Waals surface area contributed by atoms with Crippen LogP contribution in [-0.2, 0) is 4.79 Å². The molecule has 0 heterocycles. The van der Waals surface area contributed by atoms with E-state index in [1.807, 2.05) is 31.2 Å². The number of ether oxygens (including phenoxy) is 1. The summed E-state index contributed by atoms with van der Waals surface area (Å²) in [6.07, 6.45) is 1.94. The van der Waals surface area contributed by atoms with Gasteiger partial charge in [-0.15, -0.1) is 0 Å². The molecular formula is C20H23N3O3. The van der Waals surface area contributed by atoms with Crippen LogP contribution < -0.4 is 20.7 Å². The van der Waals surface area contributed by atoms with Crippen LogP contribution in [-0.4, -0.2) is 25.1 Å². The molecule has 2 aromatic carbocycles. The standard InChI is InChI=1S/C20H23N3O3/c1-14-3-2-4-18(13-14)26-12-11-21-20(25)23-17-9-7-16(8-10-17)22-19(24)15-5-6-15/h2-4,7-10,13,15H,5-6,11-12H2,1H3,(H,22,24)(H2,21,23,25). The molecule has 6 heteroatoms. The van der Waals surface area contributed by atoms with Gasteiger partial charge in [0.1, 0.15) is 12.4 Å². The molecule has 1 saturated carbocycles. The Hall–Kier alpha value is -3.02. The van der Waals surface area contributed by atoms with E-state index in [0.29, 0.717) is 18.8 Å². The number of anilines is 2. The monoisotopic (exact) mass is 353 g/mol. The molecule has 0 unspecified atom stereocenters. The van der Waals surface area contributed by atoms with Crippen molar-refractivity contribution in [3.63, 3.8) is 0 Å². The van der Waals surface area contributed by atoms with Crippen LogP contribution in [0.4, 0.5) is 16.2 Å². The Morgan fingerprint density at radius 3 is 2.38 bits per heavy atom. The molecular weight excluding hydrogens is 330 g/mol. The highest BCUT2D eigenvalue weighted by Gasteiger charge is 2.29. The van der Waals surface area contributed by atoms with Gasteiger partial charge >= 0.3 is 6.03 Å². The van der Waals surface area contributed by atoms with E-state index in [1.165, 1.54) is 0 Å². The first-order valence-corrected chi connectivity index (χ1v) is 8.75. The van der Waals surface area contributed by atoms with Gasteiger partial charge in [0.15, 0.2) is 0 Å². The van der Waals surface area contributed by atoms with Crippen molar-refractivity contribution in [3.8, 4) is 5.75 Å². The Bertz CT molecular complexity index is 770. The van der Waals surface area contributed by atoms with Gasteiger partial charge in [0, 0.05) is 17.3 Å². The van der Waals surface area contributed by atoms with Crippen molar-refractivity contribution in [2.24, 2.45) is 5.92 Å². The van der Waals surface area contributed by atoms with Crippen molar-refractivity contribution in [3.05, 3.63) is 54.1 Å². The molecule has 0 bridgehead atoms. The number of nitrogens with one attached hydrogen (secondary N) is 3. The van der Waals surface area contributed by atoms with Gasteiger partial charge in [-0.1, -0.05) is 12.1 Å². The Morgan fingerprint density at radius 2 is 1.73 bits per heavy atom. The van der Waals surface area contributed by atoms with E-state index in [1.54, 1.807) is 24.3 Å². The predicted molar refractivity (Wildman–Crippen MR) is 101 cm³/mol. The van der Waals surface area contributed by atoms with Crippen LogP contribution in [0.15, 0.2) is 48.5 Å². The summed E-state index contributed by atoms with van der Waals surface area (Å²) in [4.78, 5) is 23.6. The molecule has 3 N–H and O–H groups in total. The van der Waals surface area contributed by atoms with Crippen molar-refractivity contribution < 1.29 is 14.3 Å². The second kappa shape index (κ2) is 8.38. The first-order valence-electron chi connectivity index (χ1n) is 8.75. The summed E-state index contributed by atoms with van der Waals surface area (Å²) in [6.45, 7) is 2.79. The van der Waals surface area contributed by atoms with Crippen LogP contribution in [0, 0.1) is 12.8 Å². The van der Waals surface area contributed by atoms with Crippen LogP contribution in [0.25, 0.3) is 0 Å².